The van der Waals surface area contributed by atoms with Gasteiger partial charge in [0.15, 0.2) is 0 Å². The highest BCUT2D eigenvalue weighted by Crippen LogP contribution is 2.33. The van der Waals surface area contributed by atoms with E-state index in [1.165, 1.54) is 0 Å². The number of benzene rings is 2. The summed E-state index contributed by atoms with van der Waals surface area (Å²) in [5, 5.41) is 0. The lowest BCUT2D eigenvalue weighted by Crippen LogP contribution is -2.39. The Labute approximate surface area is 160 Å². The van der Waals surface area contributed by atoms with Gasteiger partial charge in [-0.25, -0.2) is 13.1 Å². The van der Waals surface area contributed by atoms with E-state index in [2.05, 4.69) is 4.72 Å². The third-order valence-electron chi connectivity index (χ3n) is 4.73. The number of carbonyl (C=O) groups is 1. The predicted octanol–water partition coefficient (Wildman–Crippen LogP) is 2.65. The zero-order chi connectivity index (χ0) is 19.6. The topological polar surface area (TPSA) is 75.7 Å². The summed E-state index contributed by atoms with van der Waals surface area (Å²) in [5.74, 6) is 0.565. The van der Waals surface area contributed by atoms with Crippen LogP contribution in [0.15, 0.2) is 48.5 Å². The largest absolute Gasteiger partial charge is 0.497 e. The molecule has 0 unspecified atom stereocenters. The van der Waals surface area contributed by atoms with E-state index >= 15 is 0 Å². The van der Waals surface area contributed by atoms with Crippen molar-refractivity contribution in [1.29, 1.82) is 0 Å². The molecule has 1 aliphatic heterocycles. The maximum absolute atomic E-state index is 13.1. The fraction of sp³-hybridized carbons (Fsp3) is 0.350. The molecule has 0 fully saturated rings. The Hall–Kier alpha value is -2.38. The maximum Gasteiger partial charge on any atom is 0.229 e. The number of hydrogen-bond donors (Lipinski definition) is 1. The van der Waals surface area contributed by atoms with E-state index in [1.54, 1.807) is 36.3 Å². The van der Waals surface area contributed by atoms with Crippen molar-refractivity contribution in [2.75, 3.05) is 18.3 Å². The first-order valence-corrected chi connectivity index (χ1v) is 10.7. The third kappa shape index (κ3) is 4.48. The van der Waals surface area contributed by atoms with E-state index in [1.807, 2.05) is 31.2 Å². The van der Waals surface area contributed by atoms with Crippen LogP contribution >= 0.6 is 0 Å². The Morgan fingerprint density at radius 1 is 1.22 bits per heavy atom. The van der Waals surface area contributed by atoms with Crippen LogP contribution < -0.4 is 14.4 Å². The molecule has 0 saturated carbocycles. The minimum atomic E-state index is -3.48. The number of nitrogens with zero attached hydrogens (tertiary/aromatic N) is 1. The van der Waals surface area contributed by atoms with Gasteiger partial charge in [-0.3, -0.25) is 4.79 Å². The van der Waals surface area contributed by atoms with E-state index in [-0.39, 0.29) is 18.4 Å². The number of nitrogens with one attached hydrogen (secondary N) is 1. The van der Waals surface area contributed by atoms with Crippen LogP contribution in [0.4, 0.5) is 5.69 Å². The average Bonchev–Trinajstić information content (AvgIpc) is 2.96. The third-order valence-corrected chi connectivity index (χ3v) is 5.44. The summed E-state index contributed by atoms with van der Waals surface area (Å²) in [6, 6.07) is 14.3. The Kier molecular flexibility index (Phi) is 5.53. The Bertz CT molecular complexity index is 925. The van der Waals surface area contributed by atoms with Crippen molar-refractivity contribution >= 4 is 21.6 Å². The summed E-state index contributed by atoms with van der Waals surface area (Å²) in [7, 11) is -1.92. The standard InChI is InChI=1S/C20H24N2O4S/c1-14-12-16-6-4-5-7-19(16)22(14)20(23)13-18(21-27(3,24)25)15-8-10-17(26-2)11-9-15/h4-11,14,18,21H,12-13H2,1-3H3/t14-,18+/m0/s1. The molecule has 0 spiro atoms. The highest BCUT2D eigenvalue weighted by atomic mass is 32.2. The quantitative estimate of drug-likeness (QED) is 0.825. The van der Waals surface area contributed by atoms with Gasteiger partial charge in [0.05, 0.1) is 19.4 Å². The van der Waals surface area contributed by atoms with Crippen LogP contribution in [0.2, 0.25) is 0 Å². The Balaban J connectivity index is 1.86. The van der Waals surface area contributed by atoms with Gasteiger partial charge in [-0.2, -0.15) is 0 Å². The molecule has 6 nitrogen and oxygen atoms in total. The lowest BCUT2D eigenvalue weighted by atomic mass is 10.0. The number of carbonyl (C=O) groups excluding carboxylic acids is 1. The molecule has 1 aliphatic rings. The van der Waals surface area contributed by atoms with Crippen molar-refractivity contribution in [3.05, 3.63) is 59.7 Å². The fourth-order valence-corrected chi connectivity index (χ4v) is 4.28. The molecule has 0 aromatic heterocycles. The monoisotopic (exact) mass is 388 g/mol. The molecule has 0 radical (unpaired) electrons. The average molecular weight is 388 g/mol. The zero-order valence-electron chi connectivity index (χ0n) is 15.7. The second-order valence-corrected chi connectivity index (χ2v) is 8.65. The normalized spacial score (nSPS) is 17.4. The van der Waals surface area contributed by atoms with Crippen molar-refractivity contribution in [2.24, 2.45) is 0 Å². The number of methoxy groups -OCH3 is 1. The molecular formula is C20H24N2O4S. The van der Waals surface area contributed by atoms with Gasteiger partial charge in [0.25, 0.3) is 0 Å². The number of sulfonamides is 1. The SMILES string of the molecule is COc1ccc([C@@H](CC(=O)N2c3ccccc3C[C@@H]2C)NS(C)(=O)=O)cc1. The van der Waals surface area contributed by atoms with Crippen LogP contribution in [0.3, 0.4) is 0 Å². The Morgan fingerprint density at radius 3 is 2.52 bits per heavy atom. The second-order valence-electron chi connectivity index (χ2n) is 6.87. The molecule has 0 bridgehead atoms. The van der Waals surface area contributed by atoms with Crippen molar-refractivity contribution < 1.29 is 17.9 Å². The fourth-order valence-electron chi connectivity index (χ4n) is 3.54. The van der Waals surface area contributed by atoms with Crippen molar-refractivity contribution in [2.45, 2.75) is 31.8 Å². The number of anilines is 1. The van der Waals surface area contributed by atoms with Gasteiger partial charge in [0, 0.05) is 18.2 Å². The molecule has 2 aromatic carbocycles. The number of ether oxygens (including phenoxy) is 1. The second kappa shape index (κ2) is 7.70. The maximum atomic E-state index is 13.1. The van der Waals surface area contributed by atoms with Gasteiger partial charge in [-0.05, 0) is 42.7 Å². The molecule has 1 N–H and O–H groups in total. The number of amides is 1. The number of fused-ring (bicyclic) bond motifs is 1. The van der Waals surface area contributed by atoms with E-state index in [9.17, 15) is 13.2 Å². The minimum Gasteiger partial charge on any atom is -0.497 e. The number of rotatable bonds is 6. The molecule has 3 rings (SSSR count). The Morgan fingerprint density at radius 2 is 1.89 bits per heavy atom. The van der Waals surface area contributed by atoms with Gasteiger partial charge < -0.3 is 9.64 Å². The van der Waals surface area contributed by atoms with Gasteiger partial charge in [-0.15, -0.1) is 0 Å². The van der Waals surface area contributed by atoms with Crippen molar-refractivity contribution in [3.8, 4) is 5.75 Å². The molecule has 7 heteroatoms. The zero-order valence-corrected chi connectivity index (χ0v) is 16.5. The lowest BCUT2D eigenvalue weighted by molar-refractivity contribution is -0.119. The molecule has 2 aromatic rings. The minimum absolute atomic E-state index is 0.0398. The van der Waals surface area contributed by atoms with Crippen LogP contribution in [0.25, 0.3) is 0 Å². The highest BCUT2D eigenvalue weighted by Gasteiger charge is 2.32. The van der Waals surface area contributed by atoms with Crippen LogP contribution in [-0.4, -0.2) is 33.7 Å². The molecule has 144 valence electrons. The highest BCUT2D eigenvalue weighted by molar-refractivity contribution is 7.88. The van der Waals surface area contributed by atoms with Gasteiger partial charge >= 0.3 is 0 Å². The molecule has 1 amide bonds. The summed E-state index contributed by atoms with van der Waals surface area (Å²) in [6.45, 7) is 2.00. The summed E-state index contributed by atoms with van der Waals surface area (Å²) in [5.41, 5.74) is 2.76. The lowest BCUT2D eigenvalue weighted by Gasteiger charge is -2.26. The van der Waals surface area contributed by atoms with Gasteiger partial charge in [0.2, 0.25) is 15.9 Å². The molecule has 1 heterocycles. The van der Waals surface area contributed by atoms with Crippen LogP contribution in [0.1, 0.15) is 30.5 Å². The van der Waals surface area contributed by atoms with E-state index in [0.29, 0.717) is 5.75 Å². The van der Waals surface area contributed by atoms with E-state index in [4.69, 9.17) is 4.74 Å². The van der Waals surface area contributed by atoms with Crippen LogP contribution in [-0.2, 0) is 21.2 Å². The van der Waals surface area contributed by atoms with Crippen LogP contribution in [0.5, 0.6) is 5.75 Å². The summed E-state index contributed by atoms with van der Waals surface area (Å²) in [4.78, 5) is 14.9. The summed E-state index contributed by atoms with van der Waals surface area (Å²) >= 11 is 0. The first-order chi connectivity index (χ1) is 12.8. The van der Waals surface area contributed by atoms with Crippen molar-refractivity contribution in [1.82, 2.24) is 4.72 Å². The summed E-state index contributed by atoms with van der Waals surface area (Å²) in [6.07, 6.45) is 1.94. The van der Waals surface area contributed by atoms with E-state index < -0.39 is 16.1 Å². The molecular weight excluding hydrogens is 364 g/mol. The smallest absolute Gasteiger partial charge is 0.229 e. The molecule has 0 saturated heterocycles. The molecule has 27 heavy (non-hydrogen) atoms. The predicted molar refractivity (Wildman–Crippen MR) is 105 cm³/mol. The van der Waals surface area contributed by atoms with Crippen molar-refractivity contribution in [3.63, 3.8) is 0 Å². The number of hydrogen-bond acceptors (Lipinski definition) is 4. The first-order valence-electron chi connectivity index (χ1n) is 8.79. The summed E-state index contributed by atoms with van der Waals surface area (Å²) < 4.78 is 31.4. The molecule has 0 aliphatic carbocycles. The number of para-hydroxylation sites is 1. The molecule has 2 atom stereocenters. The van der Waals surface area contributed by atoms with Gasteiger partial charge in [0.1, 0.15) is 5.75 Å². The van der Waals surface area contributed by atoms with Gasteiger partial charge in [-0.1, -0.05) is 30.3 Å². The van der Waals surface area contributed by atoms with Crippen LogP contribution in [0, 0.1) is 0 Å². The first kappa shape index (κ1) is 19.4. The van der Waals surface area contributed by atoms with E-state index in [0.717, 1.165) is 29.5 Å².